The molecule has 8 nitrogen and oxygen atoms in total. The third kappa shape index (κ3) is 5.61. The van der Waals surface area contributed by atoms with Gasteiger partial charge in [-0.05, 0) is 42.3 Å². The lowest BCUT2D eigenvalue weighted by molar-refractivity contribution is -0.117. The molecule has 0 saturated carbocycles. The number of nitrogens with one attached hydrogen (secondary N) is 2. The maximum Gasteiger partial charge on any atom is 0.242 e. The summed E-state index contributed by atoms with van der Waals surface area (Å²) in [5.41, 5.74) is 1.25. The molecule has 1 heterocycles. The molecule has 1 atom stereocenters. The van der Waals surface area contributed by atoms with Crippen LogP contribution in [0.1, 0.15) is 5.56 Å². The molecule has 10 heteroatoms. The molecule has 1 amide bonds. The predicted molar refractivity (Wildman–Crippen MR) is 128 cm³/mol. The van der Waals surface area contributed by atoms with E-state index in [0.29, 0.717) is 36.1 Å². The summed E-state index contributed by atoms with van der Waals surface area (Å²) in [7, 11) is -2.64. The zero-order valence-electron chi connectivity index (χ0n) is 18.3. The number of sulfonamides is 1. The Morgan fingerprint density at radius 1 is 1.03 bits per heavy atom. The van der Waals surface area contributed by atoms with Crippen LogP contribution in [0, 0.1) is 0 Å². The molecule has 1 aliphatic heterocycles. The molecule has 1 unspecified atom stereocenters. The number of rotatable bonds is 8. The van der Waals surface area contributed by atoms with Crippen molar-refractivity contribution in [2.45, 2.75) is 17.4 Å². The van der Waals surface area contributed by atoms with Crippen molar-refractivity contribution in [3.05, 3.63) is 77.3 Å². The summed E-state index contributed by atoms with van der Waals surface area (Å²) in [5.74, 6) is 0.917. The van der Waals surface area contributed by atoms with Crippen molar-refractivity contribution < 1.29 is 27.4 Å². The topological polar surface area (TPSA) is 103 Å². The van der Waals surface area contributed by atoms with Gasteiger partial charge >= 0.3 is 0 Å². The fourth-order valence-electron chi connectivity index (χ4n) is 3.46. The zero-order valence-corrected chi connectivity index (χ0v) is 19.9. The molecule has 178 valence electrons. The van der Waals surface area contributed by atoms with Crippen LogP contribution in [0.5, 0.6) is 17.2 Å². The lowest BCUT2D eigenvalue weighted by atomic mass is 10.1. The Hall–Kier alpha value is -3.27. The fraction of sp³-hybridized carbons (Fsp3) is 0.208. The normalized spacial score (nSPS) is 13.7. The number of benzene rings is 3. The zero-order chi connectivity index (χ0) is 24.1. The summed E-state index contributed by atoms with van der Waals surface area (Å²) in [6.45, 7) is 0.861. The van der Waals surface area contributed by atoms with Crippen molar-refractivity contribution in [3.8, 4) is 17.2 Å². The van der Waals surface area contributed by atoms with Crippen molar-refractivity contribution in [2.24, 2.45) is 0 Å². The second-order valence-corrected chi connectivity index (χ2v) is 9.63. The van der Waals surface area contributed by atoms with E-state index in [1.54, 1.807) is 18.2 Å². The average Bonchev–Trinajstić information content (AvgIpc) is 2.84. The SMILES string of the molecule is COc1ccc(S(=O)(=O)NC(Cc2ccccc2)C(=O)Nc2ccc3c(c2)OCCO3)cc1Cl. The first-order valence-electron chi connectivity index (χ1n) is 10.5. The van der Waals surface area contributed by atoms with Crippen molar-refractivity contribution in [1.29, 1.82) is 0 Å². The largest absolute Gasteiger partial charge is 0.495 e. The molecule has 0 aliphatic carbocycles. The summed E-state index contributed by atoms with van der Waals surface area (Å²) < 4.78 is 44.9. The standard InChI is InChI=1S/C24H23ClN2O6S/c1-31-21-10-8-18(15-19(21)25)34(29,30)27-20(13-16-5-3-2-4-6-16)24(28)26-17-7-9-22-23(14-17)33-12-11-32-22/h2-10,14-15,20,27H,11-13H2,1H3,(H,26,28). The van der Waals surface area contributed by atoms with Crippen LogP contribution in [-0.4, -0.2) is 40.7 Å². The summed E-state index contributed by atoms with van der Waals surface area (Å²) in [6.07, 6.45) is 0.139. The van der Waals surface area contributed by atoms with Gasteiger partial charge in [0.05, 0.1) is 17.0 Å². The number of anilines is 1. The highest BCUT2D eigenvalue weighted by Crippen LogP contribution is 2.32. The van der Waals surface area contributed by atoms with Crippen LogP contribution in [0.15, 0.2) is 71.6 Å². The van der Waals surface area contributed by atoms with E-state index >= 15 is 0 Å². The van der Waals surface area contributed by atoms with Gasteiger partial charge in [-0.1, -0.05) is 41.9 Å². The molecule has 34 heavy (non-hydrogen) atoms. The molecule has 0 bridgehead atoms. The third-order valence-corrected chi connectivity index (χ3v) is 6.90. The van der Waals surface area contributed by atoms with E-state index in [1.807, 2.05) is 30.3 Å². The number of carbonyl (C=O) groups excluding carboxylic acids is 1. The number of hydrogen-bond donors (Lipinski definition) is 2. The van der Waals surface area contributed by atoms with Crippen molar-refractivity contribution in [3.63, 3.8) is 0 Å². The van der Waals surface area contributed by atoms with Gasteiger partial charge in [-0.2, -0.15) is 4.72 Å². The first-order valence-corrected chi connectivity index (χ1v) is 12.3. The van der Waals surface area contributed by atoms with Crippen LogP contribution < -0.4 is 24.2 Å². The summed E-state index contributed by atoms with van der Waals surface area (Å²) >= 11 is 6.11. The Labute approximate surface area is 202 Å². The van der Waals surface area contributed by atoms with Crippen LogP contribution in [0.4, 0.5) is 5.69 Å². The molecule has 0 saturated heterocycles. The maximum atomic E-state index is 13.2. The number of ether oxygens (including phenoxy) is 3. The van der Waals surface area contributed by atoms with E-state index in [2.05, 4.69) is 10.0 Å². The van der Waals surface area contributed by atoms with E-state index in [1.165, 1.54) is 25.3 Å². The summed E-state index contributed by atoms with van der Waals surface area (Å²) in [6, 6.07) is 17.1. The Morgan fingerprint density at radius 3 is 2.47 bits per heavy atom. The number of hydrogen-bond acceptors (Lipinski definition) is 6. The number of carbonyl (C=O) groups is 1. The van der Waals surface area contributed by atoms with Gasteiger partial charge in [-0.3, -0.25) is 4.79 Å². The molecular formula is C24H23ClN2O6S. The first-order chi connectivity index (χ1) is 16.4. The molecule has 0 spiro atoms. The molecule has 3 aromatic carbocycles. The van der Waals surface area contributed by atoms with Gasteiger partial charge in [0.1, 0.15) is 25.0 Å². The minimum Gasteiger partial charge on any atom is -0.495 e. The van der Waals surface area contributed by atoms with Gasteiger partial charge in [0.15, 0.2) is 11.5 Å². The molecule has 4 rings (SSSR count). The minimum absolute atomic E-state index is 0.0801. The molecule has 0 aromatic heterocycles. The van der Waals surface area contributed by atoms with Crippen molar-refractivity contribution in [2.75, 3.05) is 25.6 Å². The number of amides is 1. The second-order valence-electron chi connectivity index (χ2n) is 7.51. The molecule has 2 N–H and O–H groups in total. The number of methoxy groups -OCH3 is 1. The lowest BCUT2D eigenvalue weighted by Crippen LogP contribution is -2.45. The van der Waals surface area contributed by atoms with Gasteiger partial charge in [-0.25, -0.2) is 8.42 Å². The van der Waals surface area contributed by atoms with E-state index in [4.69, 9.17) is 25.8 Å². The smallest absolute Gasteiger partial charge is 0.242 e. The Morgan fingerprint density at radius 2 is 1.76 bits per heavy atom. The van der Waals surface area contributed by atoms with Crippen LogP contribution in [-0.2, 0) is 21.2 Å². The fourth-order valence-corrected chi connectivity index (χ4v) is 5.00. The molecular weight excluding hydrogens is 480 g/mol. The molecule has 1 aliphatic rings. The molecule has 0 fully saturated rings. The van der Waals surface area contributed by atoms with Gasteiger partial charge in [-0.15, -0.1) is 0 Å². The van der Waals surface area contributed by atoms with Crippen LogP contribution in [0.3, 0.4) is 0 Å². The first kappa shape index (κ1) is 23.9. The van der Waals surface area contributed by atoms with Gasteiger partial charge < -0.3 is 19.5 Å². The Kier molecular flexibility index (Phi) is 7.26. The second kappa shape index (κ2) is 10.3. The van der Waals surface area contributed by atoms with E-state index in [9.17, 15) is 13.2 Å². The van der Waals surface area contributed by atoms with Gasteiger partial charge in [0.2, 0.25) is 15.9 Å². The van der Waals surface area contributed by atoms with Gasteiger partial charge in [0.25, 0.3) is 0 Å². The summed E-state index contributed by atoms with van der Waals surface area (Å²) in [5, 5.41) is 2.91. The van der Waals surface area contributed by atoms with E-state index < -0.39 is 22.0 Å². The van der Waals surface area contributed by atoms with E-state index in [-0.39, 0.29) is 16.3 Å². The summed E-state index contributed by atoms with van der Waals surface area (Å²) in [4.78, 5) is 13.1. The van der Waals surface area contributed by atoms with Crippen molar-refractivity contribution in [1.82, 2.24) is 4.72 Å². The highest BCUT2D eigenvalue weighted by atomic mass is 35.5. The lowest BCUT2D eigenvalue weighted by Gasteiger charge is -2.21. The van der Waals surface area contributed by atoms with E-state index in [0.717, 1.165) is 5.56 Å². The van der Waals surface area contributed by atoms with Crippen LogP contribution in [0.25, 0.3) is 0 Å². The quantitative estimate of drug-likeness (QED) is 0.487. The van der Waals surface area contributed by atoms with Crippen molar-refractivity contribution >= 4 is 33.2 Å². The van der Waals surface area contributed by atoms with Gasteiger partial charge in [0, 0.05) is 11.8 Å². The Balaban J connectivity index is 1.58. The van der Waals surface area contributed by atoms with Crippen LogP contribution in [0.2, 0.25) is 5.02 Å². The maximum absolute atomic E-state index is 13.2. The molecule has 3 aromatic rings. The number of halogens is 1. The third-order valence-electron chi connectivity index (χ3n) is 5.14. The monoisotopic (exact) mass is 502 g/mol. The van der Waals surface area contributed by atoms with Crippen LogP contribution >= 0.6 is 11.6 Å². The Bertz CT molecular complexity index is 1280. The molecule has 0 radical (unpaired) electrons. The highest BCUT2D eigenvalue weighted by molar-refractivity contribution is 7.89. The predicted octanol–water partition coefficient (Wildman–Crippen LogP) is 3.65. The average molecular weight is 503 g/mol. The number of fused-ring (bicyclic) bond motifs is 1. The minimum atomic E-state index is -4.07. The highest BCUT2D eigenvalue weighted by Gasteiger charge is 2.27.